The third-order valence-electron chi connectivity index (χ3n) is 7.49. The molecule has 1 aromatic carbocycles. The summed E-state index contributed by atoms with van der Waals surface area (Å²) in [7, 11) is 0. The van der Waals surface area contributed by atoms with E-state index in [9.17, 15) is 27.9 Å². The van der Waals surface area contributed by atoms with Gasteiger partial charge in [0.1, 0.15) is 11.7 Å². The van der Waals surface area contributed by atoms with Crippen LogP contribution in [-0.2, 0) is 6.54 Å². The minimum absolute atomic E-state index is 0.0981. The van der Waals surface area contributed by atoms with Gasteiger partial charge in [-0.3, -0.25) is 9.59 Å². The Morgan fingerprint density at radius 3 is 2.67 bits per heavy atom. The van der Waals surface area contributed by atoms with Gasteiger partial charge in [-0.25, -0.2) is 22.7 Å². The van der Waals surface area contributed by atoms with E-state index in [2.05, 4.69) is 15.4 Å². The van der Waals surface area contributed by atoms with Crippen molar-refractivity contribution in [3.63, 3.8) is 0 Å². The lowest BCUT2D eigenvalue weighted by Gasteiger charge is -2.35. The number of hydrogen-bond donors (Lipinski definition) is 2. The Morgan fingerprint density at radius 2 is 1.97 bits per heavy atom. The zero-order valence-corrected chi connectivity index (χ0v) is 21.8. The number of piperidine rings is 1. The monoisotopic (exact) mass is 544 g/mol. The lowest BCUT2D eigenvalue weighted by molar-refractivity contribution is -0.0159. The zero-order valence-electron chi connectivity index (χ0n) is 21.8. The summed E-state index contributed by atoms with van der Waals surface area (Å²) >= 11 is 0. The van der Waals surface area contributed by atoms with Crippen LogP contribution in [0.5, 0.6) is 0 Å². The number of aliphatic hydroxyl groups is 1. The number of rotatable bonds is 8. The number of aromatic nitrogens is 3. The number of alkyl halides is 3. The first-order valence-corrected chi connectivity index (χ1v) is 13.0. The second kappa shape index (κ2) is 10.5. The number of fused-ring (bicyclic) bond motifs is 2. The van der Waals surface area contributed by atoms with E-state index in [4.69, 9.17) is 0 Å². The van der Waals surface area contributed by atoms with Crippen LogP contribution >= 0.6 is 0 Å². The van der Waals surface area contributed by atoms with Crippen molar-refractivity contribution in [1.29, 1.82) is 0 Å². The van der Waals surface area contributed by atoms with Gasteiger partial charge in [-0.05, 0) is 56.4 Å². The van der Waals surface area contributed by atoms with Gasteiger partial charge in [0.05, 0.1) is 29.7 Å². The summed E-state index contributed by atoms with van der Waals surface area (Å²) in [6.45, 7) is 3.53. The summed E-state index contributed by atoms with van der Waals surface area (Å²) in [5.74, 6) is -0.904. The van der Waals surface area contributed by atoms with Gasteiger partial charge in [0.25, 0.3) is 11.8 Å². The average Bonchev–Trinajstić information content (AvgIpc) is 3.44. The molecule has 0 unspecified atom stereocenters. The molecule has 12 heteroatoms. The second-order valence-electron chi connectivity index (χ2n) is 10.8. The van der Waals surface area contributed by atoms with Gasteiger partial charge in [-0.15, -0.1) is 0 Å². The van der Waals surface area contributed by atoms with E-state index in [1.165, 1.54) is 29.5 Å². The molecule has 0 radical (unpaired) electrons. The van der Waals surface area contributed by atoms with E-state index in [-0.39, 0.29) is 36.9 Å². The van der Waals surface area contributed by atoms with Crippen LogP contribution in [0.4, 0.5) is 24.5 Å². The van der Waals surface area contributed by atoms with Crippen molar-refractivity contribution < 1.29 is 27.9 Å². The second-order valence-corrected chi connectivity index (χ2v) is 10.8. The minimum Gasteiger partial charge on any atom is -0.387 e. The van der Waals surface area contributed by atoms with Crippen molar-refractivity contribution in [2.24, 2.45) is 5.92 Å². The molecule has 0 aliphatic carbocycles. The molecule has 208 valence electrons. The molecule has 4 heterocycles. The molecule has 1 fully saturated rings. The largest absolute Gasteiger partial charge is 0.387 e. The fourth-order valence-electron chi connectivity index (χ4n) is 5.18. The predicted octanol–water partition coefficient (Wildman–Crippen LogP) is 3.92. The van der Waals surface area contributed by atoms with Crippen LogP contribution in [0.3, 0.4) is 0 Å². The molecule has 5 rings (SSSR count). The topological polar surface area (TPSA) is 103 Å². The molecule has 0 spiro atoms. The van der Waals surface area contributed by atoms with Gasteiger partial charge in [0.2, 0.25) is 6.43 Å². The van der Waals surface area contributed by atoms with Crippen molar-refractivity contribution in [1.82, 2.24) is 19.5 Å². The van der Waals surface area contributed by atoms with Crippen LogP contribution < -0.4 is 10.2 Å². The van der Waals surface area contributed by atoms with Crippen molar-refractivity contribution in [3.05, 3.63) is 53.5 Å². The molecule has 0 bridgehead atoms. The van der Waals surface area contributed by atoms with Crippen molar-refractivity contribution >= 4 is 28.8 Å². The first-order chi connectivity index (χ1) is 18.5. The smallest absolute Gasteiger partial charge is 0.261 e. The Bertz CT molecular complexity index is 1380. The number of hydrogen-bond acceptors (Lipinski definition) is 6. The average molecular weight is 545 g/mol. The molecule has 3 aromatic rings. The molecule has 39 heavy (non-hydrogen) atoms. The summed E-state index contributed by atoms with van der Waals surface area (Å²) in [4.78, 5) is 34.1. The van der Waals surface area contributed by atoms with Gasteiger partial charge < -0.3 is 20.2 Å². The van der Waals surface area contributed by atoms with Crippen LogP contribution in [0.2, 0.25) is 0 Å². The highest BCUT2D eigenvalue weighted by Gasteiger charge is 2.36. The van der Waals surface area contributed by atoms with E-state index < -0.39 is 24.1 Å². The summed E-state index contributed by atoms with van der Waals surface area (Å²) in [6.07, 6.45) is 1.62. The Labute approximate surface area is 223 Å². The van der Waals surface area contributed by atoms with E-state index in [1.54, 1.807) is 30.6 Å². The first kappa shape index (κ1) is 26.9. The van der Waals surface area contributed by atoms with Crippen LogP contribution in [0.25, 0.3) is 5.65 Å². The number of anilines is 2. The SMILES string of the molecule is CC(C)(O)[C@H](F)CN1Cc2cc(NC(=O)c3cnn4cccnc34)c(N3CCC(CC(F)F)CC3)cc2C1=O. The molecule has 2 amide bonds. The first-order valence-electron chi connectivity index (χ1n) is 13.0. The standard InChI is InChI=1S/C27H31F3N6O3/c1-27(2,39)22(28)15-35-14-17-11-20(33-25(37)19-13-32-36-7-3-6-31-24(19)36)21(12-18(17)26(35)38)34-8-4-16(5-9-34)10-23(29)30/h3,6-7,11-13,16,22-23,39H,4-5,8-10,14-15H2,1-2H3,(H,33,37)/t22-/m1/s1. The molecular weight excluding hydrogens is 513 g/mol. The number of carbonyl (C=O) groups is 2. The predicted molar refractivity (Wildman–Crippen MR) is 139 cm³/mol. The maximum Gasteiger partial charge on any atom is 0.261 e. The number of amides is 2. The number of nitrogens with zero attached hydrogens (tertiary/aromatic N) is 5. The Morgan fingerprint density at radius 1 is 1.23 bits per heavy atom. The van der Waals surface area contributed by atoms with Crippen molar-refractivity contribution in [3.8, 4) is 0 Å². The normalized spacial score (nSPS) is 17.3. The highest BCUT2D eigenvalue weighted by atomic mass is 19.3. The zero-order chi connectivity index (χ0) is 27.9. The minimum atomic E-state index is -2.36. The Kier molecular flexibility index (Phi) is 7.23. The number of benzene rings is 1. The van der Waals surface area contributed by atoms with Gasteiger partial charge >= 0.3 is 0 Å². The fourth-order valence-corrected chi connectivity index (χ4v) is 5.18. The third-order valence-corrected chi connectivity index (χ3v) is 7.49. The van der Waals surface area contributed by atoms with Crippen molar-refractivity contribution in [2.45, 2.75) is 57.9 Å². The molecule has 1 saturated heterocycles. The molecule has 1 atom stereocenters. The summed E-state index contributed by atoms with van der Waals surface area (Å²) < 4.78 is 42.0. The maximum absolute atomic E-state index is 14.6. The molecule has 2 aliphatic heterocycles. The molecule has 0 saturated carbocycles. The maximum atomic E-state index is 14.6. The highest BCUT2D eigenvalue weighted by Crippen LogP contribution is 2.37. The molecule has 2 aliphatic rings. The molecule has 9 nitrogen and oxygen atoms in total. The Hall–Kier alpha value is -3.67. The van der Waals surface area contributed by atoms with E-state index >= 15 is 0 Å². The van der Waals surface area contributed by atoms with Gasteiger partial charge in [0.15, 0.2) is 5.65 Å². The quantitative estimate of drug-likeness (QED) is 0.446. The van der Waals surface area contributed by atoms with Gasteiger partial charge in [-0.1, -0.05) is 0 Å². The van der Waals surface area contributed by atoms with E-state index in [1.807, 2.05) is 4.90 Å². The number of halogens is 3. The number of nitrogens with one attached hydrogen (secondary N) is 1. The van der Waals surface area contributed by atoms with E-state index in [0.29, 0.717) is 54.1 Å². The van der Waals surface area contributed by atoms with Crippen LogP contribution in [-0.4, -0.2) is 74.3 Å². The lowest BCUT2D eigenvalue weighted by atomic mass is 9.93. The summed E-state index contributed by atoms with van der Waals surface area (Å²) in [5, 5.41) is 17.1. The molecule has 2 N–H and O–H groups in total. The van der Waals surface area contributed by atoms with Gasteiger partial charge in [0, 0.05) is 44.0 Å². The summed E-state index contributed by atoms with van der Waals surface area (Å²) in [5.41, 5.74) is 1.09. The molecule has 2 aromatic heterocycles. The van der Waals surface area contributed by atoms with E-state index in [0.717, 1.165) is 0 Å². The van der Waals surface area contributed by atoms with Crippen molar-refractivity contribution in [2.75, 3.05) is 29.9 Å². The number of carbonyl (C=O) groups excluding carboxylic acids is 2. The Balaban J connectivity index is 1.45. The van der Waals surface area contributed by atoms with Crippen LogP contribution in [0, 0.1) is 5.92 Å². The summed E-state index contributed by atoms with van der Waals surface area (Å²) in [6, 6.07) is 5.09. The molecular formula is C27H31F3N6O3. The lowest BCUT2D eigenvalue weighted by Crippen LogP contribution is -2.42. The van der Waals surface area contributed by atoms with Gasteiger partial charge in [-0.2, -0.15) is 5.10 Å². The third kappa shape index (κ3) is 5.56. The fraction of sp³-hybridized carbons (Fsp3) is 0.481. The highest BCUT2D eigenvalue weighted by molar-refractivity contribution is 6.10. The van der Waals surface area contributed by atoms with Crippen LogP contribution in [0.15, 0.2) is 36.8 Å². The van der Waals surface area contributed by atoms with Crippen LogP contribution in [0.1, 0.15) is 59.4 Å².